The van der Waals surface area contributed by atoms with Gasteiger partial charge in [-0.1, -0.05) is 0 Å². The van der Waals surface area contributed by atoms with Crippen LogP contribution in [0.5, 0.6) is 5.88 Å². The summed E-state index contributed by atoms with van der Waals surface area (Å²) in [5.74, 6) is -1.93. The van der Waals surface area contributed by atoms with Gasteiger partial charge in [0, 0.05) is 32.0 Å². The highest BCUT2D eigenvalue weighted by molar-refractivity contribution is 5.88. The van der Waals surface area contributed by atoms with Crippen LogP contribution >= 0.6 is 0 Å². The third kappa shape index (κ3) is 3.29. The number of ether oxygens (including phenoxy) is 2. The molecule has 2 unspecified atom stereocenters. The van der Waals surface area contributed by atoms with Crippen LogP contribution in [0.2, 0.25) is 0 Å². The number of piperidine rings is 1. The molecule has 0 bridgehead atoms. The van der Waals surface area contributed by atoms with Crippen molar-refractivity contribution < 1.29 is 27.4 Å². The van der Waals surface area contributed by atoms with Crippen molar-refractivity contribution in [3.63, 3.8) is 0 Å². The number of halogens is 3. The standard InChI is InChI=1S/C21H21F3N4O3/c1-30-18-15(24)11-25-20(26-18)27-6-4-21(5-7-27)19(29)28-16(2-3-17(28)31-21)12-8-13(22)10-14(23)9-12/h8-11,16-17H,2-7H2,1H3. The smallest absolute Gasteiger partial charge is 0.257 e. The Labute approximate surface area is 176 Å². The second kappa shape index (κ2) is 7.37. The molecule has 3 aliphatic rings. The molecule has 5 rings (SSSR count). The molecule has 31 heavy (non-hydrogen) atoms. The molecule has 2 atom stereocenters. The van der Waals surface area contributed by atoms with Crippen LogP contribution in [-0.4, -0.2) is 52.8 Å². The van der Waals surface area contributed by atoms with E-state index in [0.29, 0.717) is 50.3 Å². The predicted octanol–water partition coefficient (Wildman–Crippen LogP) is 2.96. The maximum absolute atomic E-state index is 13.7. The average molecular weight is 434 g/mol. The molecule has 1 spiro atoms. The van der Waals surface area contributed by atoms with Gasteiger partial charge in [-0.2, -0.15) is 9.37 Å². The molecule has 10 heteroatoms. The summed E-state index contributed by atoms with van der Waals surface area (Å²) in [7, 11) is 1.33. The summed E-state index contributed by atoms with van der Waals surface area (Å²) < 4.78 is 52.2. The normalized spacial score (nSPS) is 24.7. The minimum absolute atomic E-state index is 0.135. The number of fused-ring (bicyclic) bond motifs is 1. The number of amides is 1. The molecular formula is C21H21F3N4O3. The van der Waals surface area contributed by atoms with Crippen molar-refractivity contribution in [3.8, 4) is 5.88 Å². The second-order valence-electron chi connectivity index (χ2n) is 8.09. The number of carbonyl (C=O) groups is 1. The van der Waals surface area contributed by atoms with E-state index in [0.717, 1.165) is 12.3 Å². The van der Waals surface area contributed by atoms with Gasteiger partial charge in [-0.3, -0.25) is 4.79 Å². The van der Waals surface area contributed by atoms with Gasteiger partial charge in [-0.05, 0) is 30.5 Å². The number of aromatic nitrogens is 2. The maximum atomic E-state index is 13.7. The van der Waals surface area contributed by atoms with Crippen LogP contribution in [0.25, 0.3) is 0 Å². The Morgan fingerprint density at radius 3 is 2.52 bits per heavy atom. The van der Waals surface area contributed by atoms with E-state index in [4.69, 9.17) is 9.47 Å². The van der Waals surface area contributed by atoms with E-state index in [1.807, 2.05) is 4.90 Å². The zero-order chi connectivity index (χ0) is 21.8. The lowest BCUT2D eigenvalue weighted by molar-refractivity contribution is -0.140. The van der Waals surface area contributed by atoms with E-state index in [1.165, 1.54) is 19.2 Å². The molecule has 4 heterocycles. The lowest BCUT2D eigenvalue weighted by atomic mass is 9.89. The fourth-order valence-corrected chi connectivity index (χ4v) is 4.85. The fraction of sp³-hybridized carbons (Fsp3) is 0.476. The van der Waals surface area contributed by atoms with Crippen LogP contribution in [0.1, 0.15) is 37.3 Å². The Hall–Kier alpha value is -2.88. The van der Waals surface area contributed by atoms with E-state index in [2.05, 4.69) is 9.97 Å². The Morgan fingerprint density at radius 1 is 1.13 bits per heavy atom. The molecule has 3 saturated heterocycles. The molecule has 164 valence electrons. The number of rotatable bonds is 3. The van der Waals surface area contributed by atoms with Gasteiger partial charge < -0.3 is 19.3 Å². The first-order valence-electron chi connectivity index (χ1n) is 10.2. The zero-order valence-electron chi connectivity index (χ0n) is 16.9. The van der Waals surface area contributed by atoms with Crippen LogP contribution in [0.3, 0.4) is 0 Å². The summed E-state index contributed by atoms with van der Waals surface area (Å²) in [5.41, 5.74) is -0.534. The lowest BCUT2D eigenvalue weighted by Crippen LogP contribution is -2.50. The summed E-state index contributed by atoms with van der Waals surface area (Å²) in [6.45, 7) is 0.890. The van der Waals surface area contributed by atoms with E-state index >= 15 is 0 Å². The highest BCUT2D eigenvalue weighted by Crippen LogP contribution is 2.48. The molecule has 2 aromatic rings. The summed E-state index contributed by atoms with van der Waals surface area (Å²) >= 11 is 0. The lowest BCUT2D eigenvalue weighted by Gasteiger charge is -2.37. The van der Waals surface area contributed by atoms with Crippen LogP contribution in [-0.2, 0) is 9.53 Å². The first-order chi connectivity index (χ1) is 14.9. The Bertz CT molecular complexity index is 1010. The van der Waals surface area contributed by atoms with Gasteiger partial charge in [0.15, 0.2) is 5.60 Å². The Morgan fingerprint density at radius 2 is 1.84 bits per heavy atom. The van der Waals surface area contributed by atoms with Crippen LogP contribution in [0, 0.1) is 17.5 Å². The molecule has 0 N–H and O–H groups in total. The predicted molar refractivity (Wildman–Crippen MR) is 103 cm³/mol. The molecule has 3 fully saturated rings. The number of anilines is 1. The molecule has 1 aromatic carbocycles. The Balaban J connectivity index is 1.33. The highest BCUT2D eigenvalue weighted by atomic mass is 19.1. The van der Waals surface area contributed by atoms with Crippen LogP contribution < -0.4 is 9.64 Å². The summed E-state index contributed by atoms with van der Waals surface area (Å²) in [4.78, 5) is 25.0. The molecule has 0 radical (unpaired) electrons. The van der Waals surface area contributed by atoms with E-state index in [-0.39, 0.29) is 11.8 Å². The molecular weight excluding hydrogens is 413 g/mol. The van der Waals surface area contributed by atoms with Gasteiger partial charge >= 0.3 is 0 Å². The van der Waals surface area contributed by atoms with Gasteiger partial charge in [0.2, 0.25) is 11.8 Å². The SMILES string of the molecule is COc1nc(N2CCC3(CC2)OC2CCC(c4cc(F)cc(F)c4)N2C3=O)ncc1F. The van der Waals surface area contributed by atoms with Crippen LogP contribution in [0.4, 0.5) is 19.1 Å². The maximum Gasteiger partial charge on any atom is 0.257 e. The quantitative estimate of drug-likeness (QED) is 0.740. The first-order valence-corrected chi connectivity index (χ1v) is 10.2. The molecule has 1 amide bonds. The topological polar surface area (TPSA) is 67.8 Å². The number of benzene rings is 1. The third-order valence-electron chi connectivity index (χ3n) is 6.34. The van der Waals surface area contributed by atoms with Crippen molar-refractivity contribution in [1.29, 1.82) is 0 Å². The van der Waals surface area contributed by atoms with Crippen molar-refractivity contribution in [3.05, 3.63) is 47.4 Å². The largest absolute Gasteiger partial charge is 0.479 e. The van der Waals surface area contributed by atoms with Crippen molar-refractivity contribution in [2.75, 3.05) is 25.1 Å². The van der Waals surface area contributed by atoms with E-state index < -0.39 is 35.3 Å². The van der Waals surface area contributed by atoms with Crippen molar-refractivity contribution in [1.82, 2.24) is 14.9 Å². The molecule has 0 aliphatic carbocycles. The van der Waals surface area contributed by atoms with Crippen molar-refractivity contribution >= 4 is 11.9 Å². The van der Waals surface area contributed by atoms with Crippen LogP contribution in [0.15, 0.2) is 24.4 Å². The number of carbonyl (C=O) groups excluding carboxylic acids is 1. The van der Waals surface area contributed by atoms with Crippen molar-refractivity contribution in [2.24, 2.45) is 0 Å². The number of methoxy groups -OCH3 is 1. The molecule has 3 aliphatic heterocycles. The monoisotopic (exact) mass is 434 g/mol. The Kier molecular flexibility index (Phi) is 4.76. The van der Waals surface area contributed by atoms with E-state index in [9.17, 15) is 18.0 Å². The summed E-state index contributed by atoms with van der Waals surface area (Å²) in [6.07, 6.45) is 2.67. The fourth-order valence-electron chi connectivity index (χ4n) is 4.85. The van der Waals surface area contributed by atoms with Gasteiger partial charge in [0.25, 0.3) is 11.8 Å². The number of hydrogen-bond donors (Lipinski definition) is 0. The summed E-state index contributed by atoms with van der Waals surface area (Å²) in [5, 5.41) is 0. The zero-order valence-corrected chi connectivity index (χ0v) is 16.9. The molecule has 7 nitrogen and oxygen atoms in total. The average Bonchev–Trinajstić information content (AvgIpc) is 3.27. The minimum Gasteiger partial charge on any atom is -0.479 e. The molecule has 1 aromatic heterocycles. The third-order valence-corrected chi connectivity index (χ3v) is 6.34. The summed E-state index contributed by atoms with van der Waals surface area (Å²) in [6, 6.07) is 2.96. The minimum atomic E-state index is -0.976. The molecule has 0 saturated carbocycles. The number of hydrogen-bond acceptors (Lipinski definition) is 6. The van der Waals surface area contributed by atoms with Gasteiger partial charge in [0.1, 0.15) is 17.9 Å². The van der Waals surface area contributed by atoms with E-state index in [1.54, 1.807) is 4.90 Å². The first kappa shape index (κ1) is 20.0. The number of nitrogens with zero attached hydrogens (tertiary/aromatic N) is 4. The van der Waals surface area contributed by atoms with Crippen molar-refractivity contribution in [2.45, 2.75) is 43.6 Å². The van der Waals surface area contributed by atoms with Gasteiger partial charge in [-0.25, -0.2) is 13.8 Å². The van der Waals surface area contributed by atoms with Gasteiger partial charge in [-0.15, -0.1) is 0 Å². The van der Waals surface area contributed by atoms with Gasteiger partial charge in [0.05, 0.1) is 19.3 Å². The second-order valence-corrected chi connectivity index (χ2v) is 8.09. The highest BCUT2D eigenvalue weighted by Gasteiger charge is 2.58.